The molecule has 1 aromatic carbocycles. The van der Waals surface area contributed by atoms with E-state index in [1.165, 1.54) is 4.31 Å². The quantitative estimate of drug-likeness (QED) is 0.649. The molecule has 0 aliphatic carbocycles. The van der Waals surface area contributed by atoms with Gasteiger partial charge in [-0.25, -0.2) is 12.8 Å². The predicted molar refractivity (Wildman–Crippen MR) is 83.6 cm³/mol. The number of hydrogen-bond acceptors (Lipinski definition) is 5. The van der Waals surface area contributed by atoms with Crippen molar-refractivity contribution in [3.8, 4) is 0 Å². The summed E-state index contributed by atoms with van der Waals surface area (Å²) < 4.78 is 41.2. The summed E-state index contributed by atoms with van der Waals surface area (Å²) in [7, 11) is -4.25. The standard InChI is InChI=1S/C13H16FN3O4S.ClH/c14-11-2-1-3-12(17(18)19)13(11)22(20,21)16-9-4-5-10(16)8-15-7-6-9;/h1-3,9-10,15H,4-8H2;1H. The van der Waals surface area contributed by atoms with E-state index < -0.39 is 31.3 Å². The minimum Gasteiger partial charge on any atom is -0.315 e. The molecule has 2 aliphatic heterocycles. The third kappa shape index (κ3) is 3.06. The summed E-state index contributed by atoms with van der Waals surface area (Å²) in [5.41, 5.74) is -0.711. The van der Waals surface area contributed by atoms with Gasteiger partial charge in [-0.1, -0.05) is 6.07 Å². The fraction of sp³-hybridized carbons (Fsp3) is 0.538. The van der Waals surface area contributed by atoms with Gasteiger partial charge in [-0.2, -0.15) is 4.31 Å². The topological polar surface area (TPSA) is 92.5 Å². The smallest absolute Gasteiger partial charge is 0.292 e. The summed E-state index contributed by atoms with van der Waals surface area (Å²) in [4.78, 5) is 9.42. The third-order valence-corrected chi connectivity index (χ3v) is 6.34. The van der Waals surface area contributed by atoms with E-state index in [0.29, 0.717) is 32.4 Å². The van der Waals surface area contributed by atoms with Crippen molar-refractivity contribution in [2.24, 2.45) is 0 Å². The Morgan fingerprint density at radius 3 is 2.65 bits per heavy atom. The van der Waals surface area contributed by atoms with Crippen LogP contribution >= 0.6 is 12.4 Å². The second kappa shape index (κ2) is 6.68. The maximum Gasteiger partial charge on any atom is 0.292 e. The van der Waals surface area contributed by atoms with E-state index in [9.17, 15) is 22.9 Å². The Hall–Kier alpha value is -1.29. The Kier molecular flexibility index (Phi) is 5.24. The Bertz CT molecular complexity index is 701. The second-order valence-electron chi connectivity index (χ2n) is 5.56. The molecule has 2 unspecified atom stereocenters. The molecule has 1 aromatic rings. The summed E-state index contributed by atoms with van der Waals surface area (Å²) >= 11 is 0. The van der Waals surface area contributed by atoms with E-state index in [1.807, 2.05) is 0 Å². The van der Waals surface area contributed by atoms with Gasteiger partial charge >= 0.3 is 0 Å². The molecule has 10 heteroatoms. The van der Waals surface area contributed by atoms with Crippen LogP contribution in [0.1, 0.15) is 19.3 Å². The lowest BCUT2D eigenvalue weighted by Gasteiger charge is -2.26. The first-order valence-corrected chi connectivity index (χ1v) is 8.54. The van der Waals surface area contributed by atoms with Crippen molar-refractivity contribution in [2.75, 3.05) is 13.1 Å². The molecule has 2 fully saturated rings. The van der Waals surface area contributed by atoms with Crippen LogP contribution in [0.5, 0.6) is 0 Å². The zero-order valence-corrected chi connectivity index (χ0v) is 13.8. The van der Waals surface area contributed by atoms with E-state index in [1.54, 1.807) is 0 Å². The van der Waals surface area contributed by atoms with Crippen molar-refractivity contribution >= 4 is 28.1 Å². The predicted octanol–water partition coefficient (Wildman–Crippen LogP) is 1.67. The Morgan fingerprint density at radius 1 is 1.26 bits per heavy atom. The highest BCUT2D eigenvalue weighted by Gasteiger charge is 2.46. The van der Waals surface area contributed by atoms with Crippen molar-refractivity contribution in [3.05, 3.63) is 34.1 Å². The molecular formula is C13H17ClFN3O4S. The Labute approximate surface area is 139 Å². The molecule has 2 atom stereocenters. The first kappa shape index (κ1) is 18.1. The summed E-state index contributed by atoms with van der Waals surface area (Å²) in [5, 5.41) is 14.2. The van der Waals surface area contributed by atoms with Crippen molar-refractivity contribution in [2.45, 2.75) is 36.2 Å². The van der Waals surface area contributed by atoms with Crippen LogP contribution in [0.15, 0.2) is 23.1 Å². The molecule has 7 nitrogen and oxygen atoms in total. The van der Waals surface area contributed by atoms with Gasteiger partial charge in [0.25, 0.3) is 15.7 Å². The van der Waals surface area contributed by atoms with Gasteiger partial charge in [0.2, 0.25) is 0 Å². The number of nitrogens with zero attached hydrogens (tertiary/aromatic N) is 2. The number of nitrogens with one attached hydrogen (secondary N) is 1. The Morgan fingerprint density at radius 2 is 1.96 bits per heavy atom. The molecule has 3 rings (SSSR count). The monoisotopic (exact) mass is 365 g/mol. The third-order valence-electron chi connectivity index (χ3n) is 4.27. The molecule has 0 spiro atoms. The van der Waals surface area contributed by atoms with Crippen molar-refractivity contribution < 1.29 is 17.7 Å². The zero-order valence-electron chi connectivity index (χ0n) is 12.1. The fourth-order valence-electron chi connectivity index (χ4n) is 3.33. The molecule has 2 bridgehead atoms. The number of benzene rings is 1. The van der Waals surface area contributed by atoms with Crippen LogP contribution in [0, 0.1) is 15.9 Å². The molecule has 2 saturated heterocycles. The largest absolute Gasteiger partial charge is 0.315 e. The normalized spacial score (nSPS) is 24.7. The maximum absolute atomic E-state index is 14.1. The van der Waals surface area contributed by atoms with E-state index in [0.717, 1.165) is 18.2 Å². The number of hydrogen-bond donors (Lipinski definition) is 1. The molecule has 0 saturated carbocycles. The first-order chi connectivity index (χ1) is 10.4. The molecule has 1 N–H and O–H groups in total. The number of sulfonamides is 1. The van der Waals surface area contributed by atoms with Gasteiger partial charge in [0.15, 0.2) is 4.90 Å². The molecule has 23 heavy (non-hydrogen) atoms. The van der Waals surface area contributed by atoms with Crippen LogP contribution in [0.2, 0.25) is 0 Å². The lowest BCUT2D eigenvalue weighted by molar-refractivity contribution is -0.388. The van der Waals surface area contributed by atoms with Crippen molar-refractivity contribution in [1.82, 2.24) is 9.62 Å². The van der Waals surface area contributed by atoms with Crippen LogP contribution in [-0.4, -0.2) is 42.8 Å². The lowest BCUT2D eigenvalue weighted by atomic mass is 10.1. The van der Waals surface area contributed by atoms with Gasteiger partial charge in [-0.05, 0) is 31.9 Å². The molecule has 0 radical (unpaired) electrons. The minimum atomic E-state index is -4.25. The van der Waals surface area contributed by atoms with Gasteiger partial charge in [-0.3, -0.25) is 10.1 Å². The van der Waals surface area contributed by atoms with E-state index >= 15 is 0 Å². The van der Waals surface area contributed by atoms with E-state index in [2.05, 4.69) is 5.32 Å². The van der Waals surface area contributed by atoms with E-state index in [-0.39, 0.29) is 24.5 Å². The lowest BCUT2D eigenvalue weighted by Crippen LogP contribution is -2.42. The average Bonchev–Trinajstić information content (AvgIpc) is 2.72. The molecule has 2 aliphatic rings. The SMILES string of the molecule is Cl.O=[N+]([O-])c1cccc(F)c1S(=O)(=O)N1C2CCNCC1CC2. The fourth-order valence-corrected chi connectivity index (χ4v) is 5.44. The summed E-state index contributed by atoms with van der Waals surface area (Å²) in [6.45, 7) is 1.17. The van der Waals surface area contributed by atoms with Gasteiger partial charge < -0.3 is 5.32 Å². The molecule has 128 valence electrons. The zero-order chi connectivity index (χ0) is 15.9. The average molecular weight is 366 g/mol. The molecule has 0 amide bonds. The molecule has 0 aromatic heterocycles. The minimum absolute atomic E-state index is 0. The summed E-state index contributed by atoms with van der Waals surface area (Å²) in [6, 6.07) is 2.59. The van der Waals surface area contributed by atoms with Crippen LogP contribution in [0.3, 0.4) is 0 Å². The number of fused-ring (bicyclic) bond motifs is 2. The van der Waals surface area contributed by atoms with Gasteiger partial charge in [0.05, 0.1) is 4.92 Å². The van der Waals surface area contributed by atoms with E-state index in [4.69, 9.17) is 0 Å². The van der Waals surface area contributed by atoms with Crippen LogP contribution in [-0.2, 0) is 10.0 Å². The van der Waals surface area contributed by atoms with Crippen LogP contribution < -0.4 is 5.32 Å². The Balaban J connectivity index is 0.00000192. The summed E-state index contributed by atoms with van der Waals surface area (Å²) in [6.07, 6.45) is 2.00. The van der Waals surface area contributed by atoms with Crippen LogP contribution in [0.25, 0.3) is 0 Å². The highest BCUT2D eigenvalue weighted by atomic mass is 35.5. The molecule has 2 heterocycles. The highest BCUT2D eigenvalue weighted by molar-refractivity contribution is 7.89. The van der Waals surface area contributed by atoms with Gasteiger partial charge in [0, 0.05) is 24.7 Å². The number of nitro benzene ring substituents is 1. The highest BCUT2D eigenvalue weighted by Crippen LogP contribution is 2.37. The number of nitro groups is 1. The van der Waals surface area contributed by atoms with Gasteiger partial charge in [0.1, 0.15) is 5.82 Å². The van der Waals surface area contributed by atoms with Gasteiger partial charge in [-0.15, -0.1) is 12.4 Å². The second-order valence-corrected chi connectivity index (χ2v) is 7.34. The number of halogens is 2. The number of rotatable bonds is 3. The van der Waals surface area contributed by atoms with Crippen LogP contribution in [0.4, 0.5) is 10.1 Å². The summed E-state index contributed by atoms with van der Waals surface area (Å²) in [5.74, 6) is -1.08. The molecular weight excluding hydrogens is 349 g/mol. The maximum atomic E-state index is 14.1. The van der Waals surface area contributed by atoms with Crippen molar-refractivity contribution in [3.63, 3.8) is 0 Å². The first-order valence-electron chi connectivity index (χ1n) is 7.10. The van der Waals surface area contributed by atoms with Crippen molar-refractivity contribution in [1.29, 1.82) is 0 Å².